The lowest BCUT2D eigenvalue weighted by molar-refractivity contribution is -0.146. The van der Waals surface area contributed by atoms with Gasteiger partial charge < -0.3 is 5.32 Å². The summed E-state index contributed by atoms with van der Waals surface area (Å²) in [6.07, 6.45) is 13.8. The highest BCUT2D eigenvalue weighted by atomic mass is 16.2. The Kier molecular flexibility index (Phi) is 6.87. The fraction of sp³-hybridized carbons (Fsp3) is 0.931. The Balaban J connectivity index is 1.49. The van der Waals surface area contributed by atoms with Gasteiger partial charge in [-0.25, -0.2) is 0 Å². The third kappa shape index (κ3) is 4.20. The summed E-state index contributed by atoms with van der Waals surface area (Å²) in [7, 11) is 0. The van der Waals surface area contributed by atoms with E-state index in [1.54, 1.807) is 6.92 Å². The Bertz CT molecular complexity index is 716. The molecule has 0 heterocycles. The molecule has 3 heteroatoms. The van der Waals surface area contributed by atoms with Gasteiger partial charge in [0.25, 0.3) is 0 Å². The molecular weight excluding hydrogens is 394 g/mol. The molecule has 4 fully saturated rings. The fourth-order valence-electron chi connectivity index (χ4n) is 9.53. The van der Waals surface area contributed by atoms with Crippen LogP contribution in [0.1, 0.15) is 112 Å². The van der Waals surface area contributed by atoms with Crippen molar-refractivity contribution in [1.82, 2.24) is 5.32 Å². The molecule has 0 radical (unpaired) electrons. The summed E-state index contributed by atoms with van der Waals surface area (Å²) >= 11 is 0. The number of ketones is 1. The van der Waals surface area contributed by atoms with Crippen LogP contribution in [0.25, 0.3) is 0 Å². The van der Waals surface area contributed by atoms with Crippen molar-refractivity contribution in [1.29, 1.82) is 0 Å². The topological polar surface area (TPSA) is 46.2 Å². The molecule has 0 aromatic heterocycles. The van der Waals surface area contributed by atoms with Gasteiger partial charge >= 0.3 is 0 Å². The van der Waals surface area contributed by atoms with Crippen LogP contribution >= 0.6 is 0 Å². The van der Waals surface area contributed by atoms with E-state index in [1.165, 1.54) is 57.8 Å². The first kappa shape index (κ1) is 24.3. The Morgan fingerprint density at radius 1 is 1.00 bits per heavy atom. The fourth-order valence-corrected chi connectivity index (χ4v) is 9.53. The van der Waals surface area contributed by atoms with Crippen molar-refractivity contribution in [3.8, 4) is 0 Å². The first-order valence-electron chi connectivity index (χ1n) is 13.9. The summed E-state index contributed by atoms with van der Waals surface area (Å²) in [5.74, 6) is 5.75. The first-order valence-corrected chi connectivity index (χ1v) is 13.9. The molecule has 2 unspecified atom stereocenters. The molecule has 9 atom stereocenters. The summed E-state index contributed by atoms with van der Waals surface area (Å²) in [5, 5.41) is 3.00. The van der Waals surface area contributed by atoms with Crippen LogP contribution in [0.5, 0.6) is 0 Å². The van der Waals surface area contributed by atoms with Gasteiger partial charge in [0.15, 0.2) is 5.78 Å². The predicted octanol–water partition coefficient (Wildman–Crippen LogP) is 6.79. The molecule has 4 saturated carbocycles. The van der Waals surface area contributed by atoms with Gasteiger partial charge in [-0.3, -0.25) is 9.59 Å². The third-order valence-electron chi connectivity index (χ3n) is 11.1. The minimum atomic E-state index is -0.252. The zero-order chi connectivity index (χ0) is 23.3. The predicted molar refractivity (Wildman–Crippen MR) is 131 cm³/mol. The van der Waals surface area contributed by atoms with Crippen molar-refractivity contribution in [3.05, 3.63) is 0 Å². The van der Waals surface area contributed by atoms with Crippen molar-refractivity contribution < 1.29 is 9.59 Å². The number of nitrogens with one attached hydrogen (secondary N) is 1. The van der Waals surface area contributed by atoms with Gasteiger partial charge in [-0.15, -0.1) is 0 Å². The molecule has 4 aliphatic carbocycles. The van der Waals surface area contributed by atoms with Gasteiger partial charge in [0.2, 0.25) is 5.91 Å². The van der Waals surface area contributed by atoms with Crippen LogP contribution in [0.15, 0.2) is 0 Å². The van der Waals surface area contributed by atoms with Gasteiger partial charge in [-0.05, 0) is 97.2 Å². The maximum atomic E-state index is 12.8. The monoisotopic (exact) mass is 443 g/mol. The zero-order valence-corrected chi connectivity index (χ0v) is 21.7. The lowest BCUT2D eigenvalue weighted by atomic mass is 9.44. The number of fused-ring (bicyclic) bond motifs is 5. The highest BCUT2D eigenvalue weighted by Crippen LogP contribution is 2.68. The number of carbonyl (C=O) groups excluding carboxylic acids is 2. The number of hydrogen-bond donors (Lipinski definition) is 1. The molecule has 0 aromatic carbocycles. The summed E-state index contributed by atoms with van der Waals surface area (Å²) in [5.41, 5.74) is 0.732. The van der Waals surface area contributed by atoms with Gasteiger partial charge in [0.1, 0.15) is 0 Å². The van der Waals surface area contributed by atoms with Crippen molar-refractivity contribution in [2.24, 2.45) is 52.3 Å². The molecular formula is C29H49NO2. The normalized spacial score (nSPS) is 44.5. The molecule has 0 saturated heterocycles. The molecule has 0 aromatic rings. The van der Waals surface area contributed by atoms with E-state index in [2.05, 4.69) is 39.9 Å². The standard InChI is InChI=1S/C29H49NO2/c1-18(2)8-7-9-19(3)23-12-13-24-22-11-10-21-16-27(32)26(30-20(4)31)17-29(21,6)25(22)14-15-28(23,24)5/h18-19,21-26H,7-17H2,1-6H3,(H,30,31)/t19-,21?,22+,23-,24+,25+,26?,28-,29+/m1/s1. The number of amides is 1. The molecule has 1 amide bonds. The molecule has 4 aliphatic rings. The molecule has 3 nitrogen and oxygen atoms in total. The van der Waals surface area contributed by atoms with Crippen LogP contribution in [-0.4, -0.2) is 17.7 Å². The summed E-state index contributed by atoms with van der Waals surface area (Å²) < 4.78 is 0. The Morgan fingerprint density at radius 2 is 1.72 bits per heavy atom. The molecule has 0 aliphatic heterocycles. The van der Waals surface area contributed by atoms with Crippen LogP contribution in [0.2, 0.25) is 0 Å². The highest BCUT2D eigenvalue weighted by molar-refractivity contribution is 5.89. The molecule has 32 heavy (non-hydrogen) atoms. The number of rotatable bonds is 6. The minimum absolute atomic E-state index is 0.0564. The van der Waals surface area contributed by atoms with E-state index in [1.807, 2.05) is 0 Å². The lowest BCUT2D eigenvalue weighted by Crippen LogP contribution is -2.58. The van der Waals surface area contributed by atoms with E-state index >= 15 is 0 Å². The summed E-state index contributed by atoms with van der Waals surface area (Å²) in [6.45, 7) is 13.9. The second-order valence-corrected chi connectivity index (χ2v) is 13.3. The van der Waals surface area contributed by atoms with E-state index in [9.17, 15) is 9.59 Å². The quantitative estimate of drug-likeness (QED) is 0.491. The van der Waals surface area contributed by atoms with Crippen LogP contribution in [-0.2, 0) is 9.59 Å². The molecule has 182 valence electrons. The number of hydrogen-bond acceptors (Lipinski definition) is 2. The number of Topliss-reactive ketones (excluding diaryl/α,β-unsaturated/α-hetero) is 1. The van der Waals surface area contributed by atoms with Crippen LogP contribution < -0.4 is 5.32 Å². The average Bonchev–Trinajstić information content (AvgIpc) is 3.05. The largest absolute Gasteiger partial charge is 0.347 e. The van der Waals surface area contributed by atoms with E-state index in [-0.39, 0.29) is 23.1 Å². The van der Waals surface area contributed by atoms with Gasteiger partial charge in [0.05, 0.1) is 6.04 Å². The van der Waals surface area contributed by atoms with Crippen LogP contribution in [0, 0.1) is 52.3 Å². The maximum absolute atomic E-state index is 12.8. The van der Waals surface area contributed by atoms with Crippen molar-refractivity contribution in [3.63, 3.8) is 0 Å². The first-order chi connectivity index (χ1) is 15.1. The zero-order valence-electron chi connectivity index (χ0n) is 21.7. The van der Waals surface area contributed by atoms with Crippen LogP contribution in [0.3, 0.4) is 0 Å². The lowest BCUT2D eigenvalue weighted by Gasteiger charge is -2.61. The van der Waals surface area contributed by atoms with E-state index < -0.39 is 0 Å². The molecule has 4 rings (SSSR count). The SMILES string of the molecule is CC(=O)NC1C[C@@]2(C)C(CC[C@H]3[C@@H]4CC[C@H]([C@H](C)CCCC(C)C)[C@@]4(C)CC[C@@H]32)CC1=O. The Hall–Kier alpha value is -0.860. The number of carbonyl (C=O) groups is 2. The second-order valence-electron chi connectivity index (χ2n) is 13.3. The van der Waals surface area contributed by atoms with E-state index in [4.69, 9.17) is 0 Å². The van der Waals surface area contributed by atoms with Gasteiger partial charge in [-0.2, -0.15) is 0 Å². The van der Waals surface area contributed by atoms with Crippen molar-refractivity contribution in [2.75, 3.05) is 0 Å². The highest BCUT2D eigenvalue weighted by Gasteiger charge is 2.61. The molecule has 0 bridgehead atoms. The summed E-state index contributed by atoms with van der Waals surface area (Å²) in [4.78, 5) is 24.5. The maximum Gasteiger partial charge on any atom is 0.217 e. The smallest absolute Gasteiger partial charge is 0.217 e. The Labute approximate surface area is 197 Å². The van der Waals surface area contributed by atoms with Crippen molar-refractivity contribution in [2.45, 2.75) is 118 Å². The van der Waals surface area contributed by atoms with Gasteiger partial charge in [-0.1, -0.05) is 53.9 Å². The Morgan fingerprint density at radius 3 is 2.41 bits per heavy atom. The van der Waals surface area contributed by atoms with Gasteiger partial charge in [0, 0.05) is 13.3 Å². The summed E-state index contributed by atoms with van der Waals surface area (Å²) in [6, 6.07) is -0.252. The van der Waals surface area contributed by atoms with Crippen LogP contribution in [0.4, 0.5) is 0 Å². The molecule has 1 N–H and O–H groups in total. The van der Waals surface area contributed by atoms with E-state index in [0.717, 1.165) is 41.9 Å². The third-order valence-corrected chi connectivity index (χ3v) is 11.1. The molecule has 0 spiro atoms. The van der Waals surface area contributed by atoms with Crippen molar-refractivity contribution >= 4 is 11.7 Å². The minimum Gasteiger partial charge on any atom is -0.347 e. The van der Waals surface area contributed by atoms with E-state index in [0.29, 0.717) is 17.8 Å². The average molecular weight is 444 g/mol. The second kappa shape index (κ2) is 9.06.